The Morgan fingerprint density at radius 3 is 2.48 bits per heavy atom. The normalized spacial score (nSPS) is 15.0. The highest BCUT2D eigenvalue weighted by Crippen LogP contribution is 2.35. The molecule has 33 heavy (non-hydrogen) atoms. The number of H-pyrrole nitrogens is 1. The van der Waals surface area contributed by atoms with E-state index in [1.165, 1.54) is 16.6 Å². The second-order valence-corrected chi connectivity index (χ2v) is 8.30. The summed E-state index contributed by atoms with van der Waals surface area (Å²) in [6.45, 7) is 9.25. The SMILES string of the molecule is CCOc1cc2c(CCN3CCN(NC(=O)c4ccccc4)CC3)c(CC)[nH]c2cc1OC. The van der Waals surface area contributed by atoms with E-state index in [1.54, 1.807) is 7.11 Å². The first-order valence-corrected chi connectivity index (χ1v) is 11.8. The van der Waals surface area contributed by atoms with Crippen LogP contribution in [-0.4, -0.2) is 67.2 Å². The van der Waals surface area contributed by atoms with E-state index in [0.29, 0.717) is 12.2 Å². The van der Waals surface area contributed by atoms with Gasteiger partial charge in [0.25, 0.3) is 5.91 Å². The lowest BCUT2D eigenvalue weighted by molar-refractivity contribution is 0.0622. The van der Waals surface area contributed by atoms with E-state index in [-0.39, 0.29) is 5.91 Å². The van der Waals surface area contributed by atoms with Crippen molar-refractivity contribution < 1.29 is 14.3 Å². The number of carbonyl (C=O) groups is 1. The molecule has 1 aliphatic heterocycles. The van der Waals surface area contributed by atoms with Crippen LogP contribution in [0.1, 0.15) is 35.5 Å². The molecule has 0 atom stereocenters. The van der Waals surface area contributed by atoms with Gasteiger partial charge in [0, 0.05) is 61.0 Å². The molecule has 7 heteroatoms. The van der Waals surface area contributed by atoms with Gasteiger partial charge in [0.1, 0.15) is 0 Å². The molecule has 0 unspecified atom stereocenters. The molecule has 2 N–H and O–H groups in total. The first kappa shape index (κ1) is 23.1. The number of carbonyl (C=O) groups excluding carboxylic acids is 1. The Hall–Kier alpha value is -3.03. The third-order valence-electron chi connectivity index (χ3n) is 6.28. The maximum absolute atomic E-state index is 12.4. The number of fused-ring (bicyclic) bond motifs is 1. The fourth-order valence-corrected chi connectivity index (χ4v) is 4.48. The Morgan fingerprint density at radius 2 is 1.82 bits per heavy atom. The average Bonchev–Trinajstić information content (AvgIpc) is 3.20. The molecule has 1 fully saturated rings. The Morgan fingerprint density at radius 1 is 1.06 bits per heavy atom. The third-order valence-corrected chi connectivity index (χ3v) is 6.28. The summed E-state index contributed by atoms with van der Waals surface area (Å²) >= 11 is 0. The minimum atomic E-state index is -0.0454. The summed E-state index contributed by atoms with van der Waals surface area (Å²) < 4.78 is 11.3. The van der Waals surface area contributed by atoms with Gasteiger partial charge < -0.3 is 19.4 Å². The Balaban J connectivity index is 1.38. The van der Waals surface area contributed by atoms with Crippen molar-refractivity contribution in [2.75, 3.05) is 46.4 Å². The molecule has 1 aromatic heterocycles. The van der Waals surface area contributed by atoms with Gasteiger partial charge in [-0.3, -0.25) is 10.2 Å². The number of hydrazine groups is 1. The number of rotatable bonds is 9. The molecule has 1 aliphatic rings. The fraction of sp³-hybridized carbons (Fsp3) is 0.423. The van der Waals surface area contributed by atoms with Crippen molar-refractivity contribution in [1.82, 2.24) is 20.3 Å². The highest BCUT2D eigenvalue weighted by Gasteiger charge is 2.20. The van der Waals surface area contributed by atoms with Gasteiger partial charge in [0.15, 0.2) is 11.5 Å². The van der Waals surface area contributed by atoms with Crippen LogP contribution in [-0.2, 0) is 12.8 Å². The molecule has 2 aromatic carbocycles. The summed E-state index contributed by atoms with van der Waals surface area (Å²) in [6, 6.07) is 13.5. The molecule has 2 heterocycles. The minimum Gasteiger partial charge on any atom is -0.493 e. The predicted molar refractivity (Wildman–Crippen MR) is 131 cm³/mol. The van der Waals surface area contributed by atoms with Crippen LogP contribution < -0.4 is 14.9 Å². The highest BCUT2D eigenvalue weighted by molar-refractivity contribution is 5.93. The number of hydrogen-bond acceptors (Lipinski definition) is 5. The number of methoxy groups -OCH3 is 1. The van der Waals surface area contributed by atoms with Crippen molar-refractivity contribution in [2.45, 2.75) is 26.7 Å². The zero-order valence-corrected chi connectivity index (χ0v) is 19.8. The first-order chi connectivity index (χ1) is 16.1. The van der Waals surface area contributed by atoms with Crippen LogP contribution in [0.4, 0.5) is 0 Å². The topological polar surface area (TPSA) is 69.8 Å². The van der Waals surface area contributed by atoms with E-state index < -0.39 is 0 Å². The molecule has 3 aromatic rings. The van der Waals surface area contributed by atoms with Gasteiger partial charge in [0.05, 0.1) is 13.7 Å². The molecule has 0 saturated carbocycles. The van der Waals surface area contributed by atoms with Crippen LogP contribution in [0.15, 0.2) is 42.5 Å². The van der Waals surface area contributed by atoms with E-state index in [0.717, 1.165) is 62.6 Å². The summed E-state index contributed by atoms with van der Waals surface area (Å²) in [5, 5.41) is 3.24. The molecule has 0 spiro atoms. The maximum atomic E-state index is 12.4. The number of piperazine rings is 1. The summed E-state index contributed by atoms with van der Waals surface area (Å²) in [4.78, 5) is 18.5. The smallest absolute Gasteiger partial charge is 0.265 e. The van der Waals surface area contributed by atoms with Gasteiger partial charge in [0.2, 0.25) is 0 Å². The number of nitrogens with zero attached hydrogens (tertiary/aromatic N) is 2. The summed E-state index contributed by atoms with van der Waals surface area (Å²) in [5.41, 5.74) is 7.45. The zero-order chi connectivity index (χ0) is 23.2. The maximum Gasteiger partial charge on any atom is 0.265 e. The number of hydrogen-bond donors (Lipinski definition) is 2. The van der Waals surface area contributed by atoms with Crippen molar-refractivity contribution >= 4 is 16.8 Å². The van der Waals surface area contributed by atoms with Crippen molar-refractivity contribution in [3.63, 3.8) is 0 Å². The standard InChI is InChI=1S/C26H34N4O3/c1-4-22-20(21-17-25(33-5-2)24(32-3)18-23(21)27-22)11-12-29-13-15-30(16-14-29)28-26(31)19-9-7-6-8-10-19/h6-10,17-18,27H,4-5,11-16H2,1-3H3,(H,28,31). The quantitative estimate of drug-likeness (QED) is 0.521. The van der Waals surface area contributed by atoms with Gasteiger partial charge >= 0.3 is 0 Å². The van der Waals surface area contributed by atoms with Gasteiger partial charge in [-0.2, -0.15) is 0 Å². The molecule has 4 rings (SSSR count). The fourth-order valence-electron chi connectivity index (χ4n) is 4.48. The molecule has 0 aliphatic carbocycles. The van der Waals surface area contributed by atoms with Crippen LogP contribution in [0, 0.1) is 0 Å². The Bertz CT molecular complexity index is 1070. The molecule has 0 bridgehead atoms. The van der Waals surface area contributed by atoms with Crippen LogP contribution in [0.25, 0.3) is 10.9 Å². The van der Waals surface area contributed by atoms with E-state index in [1.807, 2.05) is 48.3 Å². The molecule has 0 radical (unpaired) electrons. The Kier molecular flexibility index (Phi) is 7.52. The largest absolute Gasteiger partial charge is 0.493 e. The van der Waals surface area contributed by atoms with E-state index in [4.69, 9.17) is 9.47 Å². The minimum absolute atomic E-state index is 0.0454. The number of aromatic nitrogens is 1. The summed E-state index contributed by atoms with van der Waals surface area (Å²) in [5.74, 6) is 1.50. The van der Waals surface area contributed by atoms with E-state index in [2.05, 4.69) is 28.3 Å². The van der Waals surface area contributed by atoms with E-state index in [9.17, 15) is 4.79 Å². The van der Waals surface area contributed by atoms with Gasteiger partial charge in [-0.15, -0.1) is 0 Å². The van der Waals surface area contributed by atoms with Crippen molar-refractivity contribution in [3.05, 3.63) is 59.3 Å². The molecule has 7 nitrogen and oxygen atoms in total. The zero-order valence-electron chi connectivity index (χ0n) is 19.8. The molecular formula is C26H34N4O3. The average molecular weight is 451 g/mol. The number of aryl methyl sites for hydroxylation is 1. The van der Waals surface area contributed by atoms with Gasteiger partial charge in [-0.05, 0) is 43.5 Å². The van der Waals surface area contributed by atoms with Crippen molar-refractivity contribution in [3.8, 4) is 11.5 Å². The summed E-state index contributed by atoms with van der Waals surface area (Å²) in [6.07, 6.45) is 1.92. The number of nitrogens with one attached hydrogen (secondary N) is 2. The van der Waals surface area contributed by atoms with Crippen LogP contribution in [0.5, 0.6) is 11.5 Å². The van der Waals surface area contributed by atoms with Crippen molar-refractivity contribution in [1.29, 1.82) is 0 Å². The van der Waals surface area contributed by atoms with E-state index >= 15 is 0 Å². The highest BCUT2D eigenvalue weighted by atomic mass is 16.5. The van der Waals surface area contributed by atoms with Gasteiger partial charge in [-0.25, -0.2) is 5.01 Å². The van der Waals surface area contributed by atoms with Crippen LogP contribution in [0.2, 0.25) is 0 Å². The van der Waals surface area contributed by atoms with Gasteiger partial charge in [-0.1, -0.05) is 25.1 Å². The number of amides is 1. The van der Waals surface area contributed by atoms with Crippen molar-refractivity contribution in [2.24, 2.45) is 0 Å². The molecule has 1 amide bonds. The summed E-state index contributed by atoms with van der Waals surface area (Å²) in [7, 11) is 1.68. The second kappa shape index (κ2) is 10.7. The molecule has 176 valence electrons. The second-order valence-electron chi connectivity index (χ2n) is 8.30. The van der Waals surface area contributed by atoms with Crippen LogP contribution >= 0.6 is 0 Å². The molecule has 1 saturated heterocycles. The monoisotopic (exact) mass is 450 g/mol. The lowest BCUT2D eigenvalue weighted by Gasteiger charge is -2.34. The lowest BCUT2D eigenvalue weighted by Crippen LogP contribution is -2.53. The van der Waals surface area contributed by atoms with Crippen LogP contribution in [0.3, 0.4) is 0 Å². The predicted octanol–water partition coefficient (Wildman–Crippen LogP) is 3.64. The molecular weight excluding hydrogens is 416 g/mol. The lowest BCUT2D eigenvalue weighted by atomic mass is 10.0. The number of benzene rings is 2. The third kappa shape index (κ3) is 5.31. The Labute approximate surface area is 195 Å². The number of aromatic amines is 1. The first-order valence-electron chi connectivity index (χ1n) is 11.8. The number of ether oxygens (including phenoxy) is 2.